The monoisotopic (exact) mass is 327 g/mol. The Morgan fingerprint density at radius 1 is 1.14 bits per heavy atom. The van der Waals surface area contributed by atoms with Gasteiger partial charge in [-0.3, -0.25) is 0 Å². The fraction of sp³-hybridized carbons (Fsp3) is 0.562. The largest absolute Gasteiger partial charge is 0.423 e. The fourth-order valence-electron chi connectivity index (χ4n) is 2.09. The normalized spacial score (nSPS) is 12.6. The lowest BCUT2D eigenvalue weighted by atomic mass is 10.1. The quantitative estimate of drug-likeness (QED) is 0.552. The summed E-state index contributed by atoms with van der Waals surface area (Å²) in [6.07, 6.45) is 5.62. The van der Waals surface area contributed by atoms with Gasteiger partial charge in [-0.1, -0.05) is 57.2 Å². The average molecular weight is 327 g/mol. The van der Waals surface area contributed by atoms with Crippen LogP contribution in [0.15, 0.2) is 35.2 Å². The molecule has 0 radical (unpaired) electrons. The van der Waals surface area contributed by atoms with Crippen LogP contribution in [0.25, 0.3) is 0 Å². The van der Waals surface area contributed by atoms with Gasteiger partial charge in [0.05, 0.1) is 0 Å². The molecule has 6 heteroatoms. The number of rotatable bonds is 9. The van der Waals surface area contributed by atoms with Crippen molar-refractivity contribution in [1.29, 1.82) is 0 Å². The molecular formula is C16H25NO4S. The molecule has 1 atom stereocenters. The highest BCUT2D eigenvalue weighted by Crippen LogP contribution is 2.12. The molecule has 0 aliphatic rings. The zero-order valence-electron chi connectivity index (χ0n) is 13.2. The van der Waals surface area contributed by atoms with Gasteiger partial charge in [-0.2, -0.15) is 8.42 Å². The number of benzene rings is 1. The van der Waals surface area contributed by atoms with E-state index >= 15 is 0 Å². The van der Waals surface area contributed by atoms with E-state index < -0.39 is 16.2 Å². The number of hydrogen-bond acceptors (Lipinski definition) is 4. The van der Waals surface area contributed by atoms with Gasteiger partial charge in [-0.25, -0.2) is 4.79 Å². The smallest absolute Gasteiger partial charge is 0.324 e. The molecule has 0 aliphatic carbocycles. The van der Waals surface area contributed by atoms with Crippen LogP contribution in [0.5, 0.6) is 0 Å². The van der Waals surface area contributed by atoms with Crippen LogP contribution in [-0.2, 0) is 14.3 Å². The first-order chi connectivity index (χ1) is 10.5. The van der Waals surface area contributed by atoms with Crippen molar-refractivity contribution in [2.75, 3.05) is 0 Å². The van der Waals surface area contributed by atoms with Crippen molar-refractivity contribution in [2.45, 2.75) is 63.3 Å². The Hall–Kier alpha value is -1.56. The Morgan fingerprint density at radius 2 is 1.77 bits per heavy atom. The minimum absolute atomic E-state index is 0.0302. The van der Waals surface area contributed by atoms with E-state index in [1.807, 2.05) is 6.92 Å². The van der Waals surface area contributed by atoms with E-state index in [2.05, 4.69) is 16.4 Å². The maximum absolute atomic E-state index is 11.9. The van der Waals surface area contributed by atoms with Gasteiger partial charge in [-0.15, -0.1) is 0 Å². The highest BCUT2D eigenvalue weighted by atomic mass is 32.2. The Morgan fingerprint density at radius 3 is 2.41 bits per heavy atom. The predicted octanol–water partition coefficient (Wildman–Crippen LogP) is 3.85. The van der Waals surface area contributed by atoms with Crippen LogP contribution in [0.1, 0.15) is 52.4 Å². The molecule has 0 fully saturated rings. The van der Waals surface area contributed by atoms with E-state index in [1.165, 1.54) is 31.4 Å². The molecule has 0 aliphatic heterocycles. The minimum Gasteiger partial charge on any atom is -0.324 e. The van der Waals surface area contributed by atoms with E-state index in [-0.39, 0.29) is 10.9 Å². The minimum atomic E-state index is -4.05. The summed E-state index contributed by atoms with van der Waals surface area (Å²) in [7, 11) is -4.05. The van der Waals surface area contributed by atoms with Crippen molar-refractivity contribution in [3.8, 4) is 0 Å². The third-order valence-corrected chi connectivity index (χ3v) is 4.54. The second-order valence-electron chi connectivity index (χ2n) is 5.39. The molecule has 0 aromatic heterocycles. The first-order valence-corrected chi connectivity index (χ1v) is 9.16. The van der Waals surface area contributed by atoms with Crippen LogP contribution in [0, 0.1) is 0 Å². The summed E-state index contributed by atoms with van der Waals surface area (Å²) in [6.45, 7) is 4.00. The Labute approximate surface area is 133 Å². The van der Waals surface area contributed by atoms with E-state index in [1.54, 1.807) is 18.2 Å². The summed E-state index contributed by atoms with van der Waals surface area (Å²) in [5.74, 6) is 0. The molecular weight excluding hydrogens is 302 g/mol. The second-order valence-corrected chi connectivity index (χ2v) is 6.93. The Bertz CT molecular complexity index is 543. The number of hydrogen-bond donors (Lipinski definition) is 1. The van der Waals surface area contributed by atoms with Crippen LogP contribution in [0.2, 0.25) is 0 Å². The third kappa shape index (κ3) is 6.93. The van der Waals surface area contributed by atoms with E-state index in [0.717, 1.165) is 19.3 Å². The lowest BCUT2D eigenvalue weighted by Crippen LogP contribution is -2.34. The zero-order chi connectivity index (χ0) is 16.4. The predicted molar refractivity (Wildman–Crippen MR) is 86.1 cm³/mol. The molecule has 0 saturated heterocycles. The summed E-state index contributed by atoms with van der Waals surface area (Å²) in [4.78, 5) is 11.6. The van der Waals surface area contributed by atoms with Crippen LogP contribution in [0.3, 0.4) is 0 Å². The fourth-order valence-corrected chi connectivity index (χ4v) is 2.92. The van der Waals surface area contributed by atoms with Crippen molar-refractivity contribution >= 4 is 16.2 Å². The number of unbranched alkanes of at least 4 members (excludes halogenated alkanes) is 4. The molecule has 5 nitrogen and oxygen atoms in total. The van der Waals surface area contributed by atoms with Gasteiger partial charge >= 0.3 is 16.2 Å². The molecule has 1 rings (SSSR count). The lowest BCUT2D eigenvalue weighted by Gasteiger charge is -2.13. The maximum atomic E-state index is 11.9. The zero-order valence-corrected chi connectivity index (χ0v) is 14.1. The molecule has 22 heavy (non-hydrogen) atoms. The van der Waals surface area contributed by atoms with Gasteiger partial charge < -0.3 is 9.50 Å². The van der Waals surface area contributed by atoms with Crippen LogP contribution in [-0.4, -0.2) is 20.6 Å². The standard InChI is InChI=1S/C16H25NO4S/c1-3-4-5-6-8-11-14(2)17-16(18)21-22(19,20)15-12-9-7-10-13-15/h7,9-10,12-14H,3-6,8,11H2,1-2H3,(H,17,18). The molecule has 124 valence electrons. The van der Waals surface area contributed by atoms with Crippen molar-refractivity contribution in [3.05, 3.63) is 30.3 Å². The SMILES string of the molecule is CCCCCCCC(C)NC(=O)OS(=O)(=O)c1ccccc1. The van der Waals surface area contributed by atoms with Crippen molar-refractivity contribution in [1.82, 2.24) is 5.32 Å². The van der Waals surface area contributed by atoms with Gasteiger partial charge in [0.2, 0.25) is 0 Å². The lowest BCUT2D eigenvalue weighted by molar-refractivity contribution is 0.198. The molecule has 1 N–H and O–H groups in total. The van der Waals surface area contributed by atoms with E-state index in [4.69, 9.17) is 0 Å². The molecule has 0 saturated carbocycles. The highest BCUT2D eigenvalue weighted by molar-refractivity contribution is 7.87. The third-order valence-electron chi connectivity index (χ3n) is 3.32. The van der Waals surface area contributed by atoms with E-state index in [9.17, 15) is 13.2 Å². The molecule has 1 unspecified atom stereocenters. The Balaban J connectivity index is 2.36. The topological polar surface area (TPSA) is 72.5 Å². The highest BCUT2D eigenvalue weighted by Gasteiger charge is 2.20. The first kappa shape index (κ1) is 18.5. The summed E-state index contributed by atoms with van der Waals surface area (Å²) in [5.41, 5.74) is 0. The molecule has 0 bridgehead atoms. The van der Waals surface area contributed by atoms with Gasteiger partial charge in [0, 0.05) is 6.04 Å². The van der Waals surface area contributed by atoms with Gasteiger partial charge in [0.15, 0.2) is 0 Å². The number of carbonyl (C=O) groups excluding carboxylic acids is 1. The molecule has 1 aromatic rings. The van der Waals surface area contributed by atoms with Crippen LogP contribution < -0.4 is 5.32 Å². The van der Waals surface area contributed by atoms with Gasteiger partial charge in [0.1, 0.15) is 4.90 Å². The summed E-state index contributed by atoms with van der Waals surface area (Å²) >= 11 is 0. The number of nitrogens with one attached hydrogen (secondary N) is 1. The summed E-state index contributed by atoms with van der Waals surface area (Å²) in [6, 6.07) is 7.51. The van der Waals surface area contributed by atoms with E-state index in [0.29, 0.717) is 0 Å². The second kappa shape index (κ2) is 9.46. The number of carbonyl (C=O) groups is 1. The molecule has 0 spiro atoms. The first-order valence-electron chi connectivity index (χ1n) is 7.75. The molecule has 0 heterocycles. The van der Waals surface area contributed by atoms with Crippen molar-refractivity contribution in [2.24, 2.45) is 0 Å². The Kier molecular flexibility index (Phi) is 7.95. The maximum Gasteiger partial charge on any atom is 0.423 e. The van der Waals surface area contributed by atoms with Crippen molar-refractivity contribution in [3.63, 3.8) is 0 Å². The summed E-state index contributed by atoms with van der Waals surface area (Å²) in [5, 5.41) is 2.56. The molecule has 1 aromatic carbocycles. The van der Waals surface area contributed by atoms with Crippen LogP contribution >= 0.6 is 0 Å². The average Bonchev–Trinajstić information content (AvgIpc) is 2.47. The van der Waals surface area contributed by atoms with Gasteiger partial charge in [-0.05, 0) is 25.5 Å². The number of amides is 1. The van der Waals surface area contributed by atoms with Gasteiger partial charge in [0.25, 0.3) is 0 Å². The summed E-state index contributed by atoms with van der Waals surface area (Å²) < 4.78 is 28.3. The molecule has 1 amide bonds. The van der Waals surface area contributed by atoms with Crippen molar-refractivity contribution < 1.29 is 17.4 Å². The van der Waals surface area contributed by atoms with Crippen LogP contribution in [0.4, 0.5) is 4.79 Å².